The van der Waals surface area contributed by atoms with Gasteiger partial charge in [0.15, 0.2) is 0 Å². The summed E-state index contributed by atoms with van der Waals surface area (Å²) in [4.78, 5) is 2.13. The zero-order valence-electron chi connectivity index (χ0n) is 6.58. The third-order valence-corrected chi connectivity index (χ3v) is 2.00. The Labute approximate surface area is 61.6 Å². The highest BCUT2D eigenvalue weighted by molar-refractivity contribution is 4.76. The Morgan fingerprint density at radius 1 is 1.70 bits per heavy atom. The Morgan fingerprint density at radius 2 is 2.40 bits per heavy atom. The van der Waals surface area contributed by atoms with Crippen LogP contribution in [0.25, 0.3) is 0 Å². The van der Waals surface area contributed by atoms with Crippen molar-refractivity contribution in [2.24, 2.45) is 0 Å². The minimum absolute atomic E-state index is 0.189. The van der Waals surface area contributed by atoms with E-state index in [1.165, 1.54) is 0 Å². The standard InChI is InChI=1S/C7H15NO2/c1-6(9)7-5-10-4-3-8(7)2/h6-7,9H,3-5H2,1-2H3/t6-,7-/m1/s1. The van der Waals surface area contributed by atoms with Crippen LogP contribution in [-0.4, -0.2) is 49.0 Å². The summed E-state index contributed by atoms with van der Waals surface area (Å²) < 4.78 is 5.21. The predicted molar refractivity (Wildman–Crippen MR) is 38.9 cm³/mol. The summed E-state index contributed by atoms with van der Waals surface area (Å²) in [6.45, 7) is 4.18. The largest absolute Gasteiger partial charge is 0.392 e. The molecule has 60 valence electrons. The van der Waals surface area contributed by atoms with Crippen LogP contribution in [-0.2, 0) is 4.74 Å². The monoisotopic (exact) mass is 145 g/mol. The summed E-state index contributed by atoms with van der Waals surface area (Å²) in [5, 5.41) is 9.23. The molecule has 0 aromatic carbocycles. The summed E-state index contributed by atoms with van der Waals surface area (Å²) in [5.41, 5.74) is 0. The maximum atomic E-state index is 9.23. The van der Waals surface area contributed by atoms with Crippen molar-refractivity contribution in [3.63, 3.8) is 0 Å². The molecule has 1 rings (SSSR count). The summed E-state index contributed by atoms with van der Waals surface area (Å²) in [5.74, 6) is 0. The fraction of sp³-hybridized carbons (Fsp3) is 1.00. The lowest BCUT2D eigenvalue weighted by Crippen LogP contribution is -2.48. The Kier molecular flexibility index (Phi) is 2.65. The molecule has 0 spiro atoms. The van der Waals surface area contributed by atoms with E-state index >= 15 is 0 Å². The molecule has 0 radical (unpaired) electrons. The fourth-order valence-corrected chi connectivity index (χ4v) is 1.21. The van der Waals surface area contributed by atoms with Crippen LogP contribution in [0, 0.1) is 0 Å². The van der Waals surface area contributed by atoms with Gasteiger partial charge < -0.3 is 9.84 Å². The molecule has 1 N–H and O–H groups in total. The first kappa shape index (κ1) is 7.98. The number of nitrogens with zero attached hydrogens (tertiary/aromatic N) is 1. The van der Waals surface area contributed by atoms with E-state index in [9.17, 15) is 5.11 Å². The van der Waals surface area contributed by atoms with Crippen molar-refractivity contribution >= 4 is 0 Å². The number of ether oxygens (including phenoxy) is 1. The molecule has 10 heavy (non-hydrogen) atoms. The topological polar surface area (TPSA) is 32.7 Å². The molecule has 2 atom stereocenters. The van der Waals surface area contributed by atoms with Crippen LogP contribution in [0.1, 0.15) is 6.92 Å². The molecule has 1 aliphatic heterocycles. The van der Waals surface area contributed by atoms with Crippen LogP contribution in [0.15, 0.2) is 0 Å². The molecule has 0 bridgehead atoms. The first-order valence-corrected chi connectivity index (χ1v) is 3.68. The third kappa shape index (κ3) is 1.68. The maximum Gasteiger partial charge on any atom is 0.0689 e. The average molecular weight is 145 g/mol. The van der Waals surface area contributed by atoms with Gasteiger partial charge in [0.2, 0.25) is 0 Å². The molecule has 0 amide bonds. The van der Waals surface area contributed by atoms with Gasteiger partial charge in [-0.1, -0.05) is 0 Å². The fourth-order valence-electron chi connectivity index (χ4n) is 1.21. The molecular weight excluding hydrogens is 130 g/mol. The van der Waals surface area contributed by atoms with Gasteiger partial charge in [-0.15, -0.1) is 0 Å². The molecule has 0 aliphatic carbocycles. The molecule has 0 unspecified atom stereocenters. The van der Waals surface area contributed by atoms with Gasteiger partial charge in [-0.25, -0.2) is 0 Å². The second-order valence-corrected chi connectivity index (χ2v) is 2.86. The highest BCUT2D eigenvalue weighted by atomic mass is 16.5. The minimum atomic E-state index is -0.287. The van der Waals surface area contributed by atoms with Crippen molar-refractivity contribution in [2.75, 3.05) is 26.8 Å². The van der Waals surface area contributed by atoms with Crippen LogP contribution in [0.5, 0.6) is 0 Å². The number of hydrogen-bond donors (Lipinski definition) is 1. The molecule has 0 saturated carbocycles. The highest BCUT2D eigenvalue weighted by Crippen LogP contribution is 2.07. The summed E-state index contributed by atoms with van der Waals surface area (Å²) in [7, 11) is 2.01. The maximum absolute atomic E-state index is 9.23. The quantitative estimate of drug-likeness (QED) is 0.550. The van der Waals surface area contributed by atoms with Crippen molar-refractivity contribution in [2.45, 2.75) is 19.1 Å². The molecule has 1 saturated heterocycles. The number of rotatable bonds is 1. The molecule has 0 aromatic heterocycles. The van der Waals surface area contributed by atoms with Crippen LogP contribution in [0.2, 0.25) is 0 Å². The number of hydrogen-bond acceptors (Lipinski definition) is 3. The van der Waals surface area contributed by atoms with Gasteiger partial charge in [0.25, 0.3) is 0 Å². The van der Waals surface area contributed by atoms with Crippen LogP contribution in [0.4, 0.5) is 0 Å². The molecule has 3 heteroatoms. The van der Waals surface area contributed by atoms with Gasteiger partial charge in [0.1, 0.15) is 0 Å². The molecular formula is C7H15NO2. The molecule has 3 nitrogen and oxygen atoms in total. The SMILES string of the molecule is C[C@@H](O)[C@H]1COCCN1C. The van der Waals surface area contributed by atoms with E-state index < -0.39 is 0 Å². The van der Waals surface area contributed by atoms with Gasteiger partial charge in [-0.3, -0.25) is 4.90 Å². The zero-order valence-corrected chi connectivity index (χ0v) is 6.58. The second-order valence-electron chi connectivity index (χ2n) is 2.86. The zero-order chi connectivity index (χ0) is 7.56. The van der Waals surface area contributed by atoms with E-state index in [1.807, 2.05) is 7.05 Å². The van der Waals surface area contributed by atoms with Crippen LogP contribution >= 0.6 is 0 Å². The van der Waals surface area contributed by atoms with E-state index in [-0.39, 0.29) is 12.1 Å². The highest BCUT2D eigenvalue weighted by Gasteiger charge is 2.23. The lowest BCUT2D eigenvalue weighted by atomic mass is 10.1. The minimum Gasteiger partial charge on any atom is -0.392 e. The average Bonchev–Trinajstić information content (AvgIpc) is 1.88. The van der Waals surface area contributed by atoms with Crippen molar-refractivity contribution < 1.29 is 9.84 Å². The van der Waals surface area contributed by atoms with Crippen molar-refractivity contribution in [3.05, 3.63) is 0 Å². The van der Waals surface area contributed by atoms with Crippen molar-refractivity contribution in [3.8, 4) is 0 Å². The number of likely N-dealkylation sites (N-methyl/N-ethyl adjacent to an activating group) is 1. The van der Waals surface area contributed by atoms with Crippen molar-refractivity contribution in [1.29, 1.82) is 0 Å². The summed E-state index contributed by atoms with van der Waals surface area (Å²) in [6, 6.07) is 0.189. The Hall–Kier alpha value is -0.120. The molecule has 1 heterocycles. The predicted octanol–water partition coefficient (Wildman–Crippen LogP) is -0.302. The van der Waals surface area contributed by atoms with E-state index in [0.717, 1.165) is 13.2 Å². The lowest BCUT2D eigenvalue weighted by Gasteiger charge is -2.34. The van der Waals surface area contributed by atoms with Gasteiger partial charge >= 0.3 is 0 Å². The summed E-state index contributed by atoms with van der Waals surface area (Å²) >= 11 is 0. The van der Waals surface area contributed by atoms with E-state index in [0.29, 0.717) is 6.61 Å². The molecule has 1 fully saturated rings. The first-order valence-electron chi connectivity index (χ1n) is 3.68. The van der Waals surface area contributed by atoms with Gasteiger partial charge in [0, 0.05) is 6.54 Å². The Bertz CT molecular complexity index is 106. The van der Waals surface area contributed by atoms with Crippen molar-refractivity contribution in [1.82, 2.24) is 4.90 Å². The van der Waals surface area contributed by atoms with Crippen LogP contribution < -0.4 is 0 Å². The molecule has 1 aliphatic rings. The van der Waals surface area contributed by atoms with Gasteiger partial charge in [-0.2, -0.15) is 0 Å². The number of aliphatic hydroxyl groups is 1. The van der Waals surface area contributed by atoms with E-state index in [1.54, 1.807) is 6.92 Å². The third-order valence-electron chi connectivity index (χ3n) is 2.00. The smallest absolute Gasteiger partial charge is 0.0689 e. The van der Waals surface area contributed by atoms with Gasteiger partial charge in [0.05, 0.1) is 25.4 Å². The lowest BCUT2D eigenvalue weighted by molar-refractivity contribution is -0.0416. The normalized spacial score (nSPS) is 32.1. The van der Waals surface area contributed by atoms with Gasteiger partial charge in [-0.05, 0) is 14.0 Å². The van der Waals surface area contributed by atoms with E-state index in [2.05, 4.69) is 4.90 Å². The number of aliphatic hydroxyl groups excluding tert-OH is 1. The first-order chi connectivity index (χ1) is 4.72. The molecule has 0 aromatic rings. The van der Waals surface area contributed by atoms with E-state index in [4.69, 9.17) is 4.74 Å². The Morgan fingerprint density at radius 3 is 2.80 bits per heavy atom. The Balaban J connectivity index is 2.40. The second kappa shape index (κ2) is 3.32. The number of morpholine rings is 1. The van der Waals surface area contributed by atoms with Crippen LogP contribution in [0.3, 0.4) is 0 Å². The summed E-state index contributed by atoms with van der Waals surface area (Å²) in [6.07, 6.45) is -0.287.